The predicted molar refractivity (Wildman–Crippen MR) is 89.7 cm³/mol. The van der Waals surface area contributed by atoms with Crippen molar-refractivity contribution in [2.24, 2.45) is 0 Å². The number of phenolic OH excluding ortho intramolecular Hbond substituents is 1. The third-order valence-electron chi connectivity index (χ3n) is 5.47. The lowest BCUT2D eigenvalue weighted by Crippen LogP contribution is -2.42. The Hall–Kier alpha value is -1.22. The Bertz CT molecular complexity index is 482. The minimum absolute atomic E-state index is 0.440. The van der Waals surface area contributed by atoms with Crippen LogP contribution in [0.1, 0.15) is 62.8 Å². The van der Waals surface area contributed by atoms with Crippen molar-refractivity contribution in [3.05, 3.63) is 23.8 Å². The smallest absolute Gasteiger partial charge is 0.119 e. The molecule has 2 unspecified atom stereocenters. The molecule has 1 saturated heterocycles. The molecule has 3 heteroatoms. The number of methoxy groups -OCH3 is 1. The molecule has 2 fully saturated rings. The van der Waals surface area contributed by atoms with E-state index in [0.29, 0.717) is 17.7 Å². The zero-order chi connectivity index (χ0) is 15.4. The molecule has 122 valence electrons. The summed E-state index contributed by atoms with van der Waals surface area (Å²) in [6.45, 7) is 2.46. The zero-order valence-electron chi connectivity index (χ0n) is 13.8. The molecule has 0 spiro atoms. The molecule has 1 aliphatic carbocycles. The molecule has 2 atom stereocenters. The number of rotatable bonds is 3. The van der Waals surface area contributed by atoms with Crippen molar-refractivity contribution in [2.45, 2.75) is 63.3 Å². The third-order valence-corrected chi connectivity index (χ3v) is 5.47. The van der Waals surface area contributed by atoms with Crippen molar-refractivity contribution in [1.29, 1.82) is 0 Å². The Labute approximate surface area is 134 Å². The second-order valence-corrected chi connectivity index (χ2v) is 6.83. The lowest BCUT2D eigenvalue weighted by molar-refractivity contribution is 0.133. The average Bonchev–Trinajstić information content (AvgIpc) is 2.82. The van der Waals surface area contributed by atoms with Crippen molar-refractivity contribution in [1.82, 2.24) is 4.90 Å². The van der Waals surface area contributed by atoms with Crippen LogP contribution in [-0.2, 0) is 0 Å². The summed E-state index contributed by atoms with van der Waals surface area (Å²) in [6.07, 6.45) is 10.4. The van der Waals surface area contributed by atoms with Crippen LogP contribution in [0.2, 0.25) is 0 Å². The van der Waals surface area contributed by atoms with Crippen LogP contribution in [-0.4, -0.2) is 36.2 Å². The molecule has 1 heterocycles. The number of benzene rings is 1. The molecule has 1 saturated carbocycles. The van der Waals surface area contributed by atoms with Gasteiger partial charge in [-0.2, -0.15) is 0 Å². The van der Waals surface area contributed by atoms with E-state index in [4.69, 9.17) is 4.74 Å². The fraction of sp³-hybridized carbons (Fsp3) is 0.684. The molecule has 3 rings (SSSR count). The molecule has 0 aromatic heterocycles. The van der Waals surface area contributed by atoms with Crippen LogP contribution < -0.4 is 4.74 Å². The van der Waals surface area contributed by atoms with Crippen molar-refractivity contribution in [2.75, 3.05) is 20.2 Å². The second-order valence-electron chi connectivity index (χ2n) is 6.83. The molecular formula is C19H29NO2. The van der Waals surface area contributed by atoms with E-state index in [1.807, 2.05) is 6.07 Å². The number of ether oxygens (including phenoxy) is 1. The van der Waals surface area contributed by atoms with Crippen LogP contribution in [0, 0.1) is 0 Å². The van der Waals surface area contributed by atoms with E-state index < -0.39 is 0 Å². The molecule has 0 radical (unpaired) electrons. The summed E-state index contributed by atoms with van der Waals surface area (Å²) in [5, 5.41) is 10.4. The van der Waals surface area contributed by atoms with Crippen LogP contribution in [0.3, 0.4) is 0 Å². The summed E-state index contributed by atoms with van der Waals surface area (Å²) < 4.78 is 5.39. The standard InChI is InChI=1S/C19H29NO2/c1-22-15-10-11-19(21)17(14-15)16-8-4-2-5-9-18(16)20-12-6-3-7-13-20/h10-11,14,16,18,21H,2-9,12-13H2,1H3. The Morgan fingerprint density at radius 2 is 1.73 bits per heavy atom. The van der Waals surface area contributed by atoms with E-state index in [9.17, 15) is 5.11 Å². The van der Waals surface area contributed by atoms with Crippen LogP contribution in [0.25, 0.3) is 0 Å². The van der Waals surface area contributed by atoms with E-state index >= 15 is 0 Å². The van der Waals surface area contributed by atoms with Gasteiger partial charge in [0.25, 0.3) is 0 Å². The number of aromatic hydroxyl groups is 1. The predicted octanol–water partition coefficient (Wildman–Crippen LogP) is 4.30. The summed E-state index contributed by atoms with van der Waals surface area (Å²) in [7, 11) is 1.70. The Balaban J connectivity index is 1.89. The first-order valence-corrected chi connectivity index (χ1v) is 8.90. The van der Waals surface area contributed by atoms with E-state index in [1.165, 1.54) is 64.5 Å². The highest BCUT2D eigenvalue weighted by Gasteiger charge is 2.32. The van der Waals surface area contributed by atoms with Gasteiger partial charge in [0.15, 0.2) is 0 Å². The Morgan fingerprint density at radius 3 is 2.50 bits per heavy atom. The Morgan fingerprint density at radius 1 is 1.00 bits per heavy atom. The van der Waals surface area contributed by atoms with Crippen LogP contribution in [0.4, 0.5) is 0 Å². The minimum Gasteiger partial charge on any atom is -0.508 e. The van der Waals surface area contributed by atoms with Gasteiger partial charge in [0, 0.05) is 17.5 Å². The molecule has 3 nitrogen and oxygen atoms in total. The first-order valence-electron chi connectivity index (χ1n) is 8.90. The van der Waals surface area contributed by atoms with E-state index in [2.05, 4.69) is 11.0 Å². The molecule has 0 bridgehead atoms. The third kappa shape index (κ3) is 3.40. The van der Waals surface area contributed by atoms with Crippen LogP contribution >= 0.6 is 0 Å². The second kappa shape index (κ2) is 7.36. The molecule has 1 N–H and O–H groups in total. The fourth-order valence-corrected chi connectivity index (χ4v) is 4.29. The van der Waals surface area contributed by atoms with Crippen molar-refractivity contribution in [3.63, 3.8) is 0 Å². The van der Waals surface area contributed by atoms with E-state index in [-0.39, 0.29) is 0 Å². The zero-order valence-corrected chi connectivity index (χ0v) is 13.8. The molecule has 22 heavy (non-hydrogen) atoms. The number of piperidine rings is 1. The van der Waals surface area contributed by atoms with Gasteiger partial charge >= 0.3 is 0 Å². The van der Waals surface area contributed by atoms with Gasteiger partial charge in [0.1, 0.15) is 11.5 Å². The summed E-state index contributed by atoms with van der Waals surface area (Å²) >= 11 is 0. The first kappa shape index (κ1) is 15.7. The lowest BCUT2D eigenvalue weighted by Gasteiger charge is -2.39. The normalized spacial score (nSPS) is 27.3. The largest absolute Gasteiger partial charge is 0.508 e. The number of likely N-dealkylation sites (tertiary alicyclic amines) is 1. The maximum atomic E-state index is 10.4. The SMILES string of the molecule is COc1ccc(O)c(C2CCCCCC2N2CCCCC2)c1. The van der Waals surface area contributed by atoms with Gasteiger partial charge in [-0.05, 0) is 57.0 Å². The van der Waals surface area contributed by atoms with Gasteiger partial charge in [-0.15, -0.1) is 0 Å². The molecule has 1 aromatic rings. The maximum Gasteiger partial charge on any atom is 0.119 e. The van der Waals surface area contributed by atoms with Gasteiger partial charge in [-0.1, -0.05) is 25.7 Å². The van der Waals surface area contributed by atoms with Crippen LogP contribution in [0.5, 0.6) is 11.5 Å². The van der Waals surface area contributed by atoms with E-state index in [1.54, 1.807) is 13.2 Å². The van der Waals surface area contributed by atoms with Crippen LogP contribution in [0.15, 0.2) is 18.2 Å². The highest BCUT2D eigenvalue weighted by molar-refractivity contribution is 5.42. The van der Waals surface area contributed by atoms with Gasteiger partial charge in [-0.3, -0.25) is 4.90 Å². The van der Waals surface area contributed by atoms with Crippen molar-refractivity contribution in [3.8, 4) is 11.5 Å². The number of hydrogen-bond donors (Lipinski definition) is 1. The van der Waals surface area contributed by atoms with Gasteiger partial charge in [0.05, 0.1) is 7.11 Å². The number of phenols is 1. The molecule has 1 aromatic carbocycles. The highest BCUT2D eigenvalue weighted by atomic mass is 16.5. The topological polar surface area (TPSA) is 32.7 Å². The van der Waals surface area contributed by atoms with E-state index in [0.717, 1.165) is 11.3 Å². The molecule has 0 amide bonds. The summed E-state index contributed by atoms with van der Waals surface area (Å²) in [4.78, 5) is 2.69. The summed E-state index contributed by atoms with van der Waals surface area (Å²) in [5.74, 6) is 1.74. The van der Waals surface area contributed by atoms with Gasteiger partial charge < -0.3 is 9.84 Å². The molecule has 1 aliphatic heterocycles. The lowest BCUT2D eigenvalue weighted by atomic mass is 9.85. The molecule has 2 aliphatic rings. The highest BCUT2D eigenvalue weighted by Crippen LogP contribution is 2.40. The van der Waals surface area contributed by atoms with Gasteiger partial charge in [0.2, 0.25) is 0 Å². The number of nitrogens with zero attached hydrogens (tertiary/aromatic N) is 1. The molecular weight excluding hydrogens is 274 g/mol. The quantitative estimate of drug-likeness (QED) is 0.845. The number of hydrogen-bond acceptors (Lipinski definition) is 3. The first-order chi connectivity index (χ1) is 10.8. The summed E-state index contributed by atoms with van der Waals surface area (Å²) in [5.41, 5.74) is 1.09. The maximum absolute atomic E-state index is 10.4. The minimum atomic E-state index is 0.440. The Kier molecular flexibility index (Phi) is 5.24. The summed E-state index contributed by atoms with van der Waals surface area (Å²) in [6, 6.07) is 6.29. The van der Waals surface area contributed by atoms with Crippen molar-refractivity contribution >= 4 is 0 Å². The fourth-order valence-electron chi connectivity index (χ4n) is 4.29. The monoisotopic (exact) mass is 303 g/mol. The van der Waals surface area contributed by atoms with Crippen molar-refractivity contribution < 1.29 is 9.84 Å². The van der Waals surface area contributed by atoms with Gasteiger partial charge in [-0.25, -0.2) is 0 Å². The average molecular weight is 303 g/mol.